The van der Waals surface area contributed by atoms with Gasteiger partial charge in [-0.2, -0.15) is 0 Å². The molecule has 4 heteroatoms. The van der Waals surface area contributed by atoms with Gasteiger partial charge in [0.05, 0.1) is 17.1 Å². The summed E-state index contributed by atoms with van der Waals surface area (Å²) in [6.07, 6.45) is 0. The van der Waals surface area contributed by atoms with E-state index in [1.165, 1.54) is 0 Å². The van der Waals surface area contributed by atoms with Crippen molar-refractivity contribution in [3.05, 3.63) is 17.2 Å². The quantitative estimate of drug-likeness (QED) is 0.721. The molecule has 0 atom stereocenters. The van der Waals surface area contributed by atoms with Gasteiger partial charge in [0.1, 0.15) is 5.82 Å². The minimum Gasteiger partial charge on any atom is -0.381 e. The maximum absolute atomic E-state index is 5.40. The molecule has 0 aliphatic heterocycles. The van der Waals surface area contributed by atoms with Crippen LogP contribution in [0.15, 0.2) is 0 Å². The number of anilines is 1. The van der Waals surface area contributed by atoms with Gasteiger partial charge in [-0.1, -0.05) is 0 Å². The Labute approximate surface area is 78.6 Å². The van der Waals surface area contributed by atoms with Gasteiger partial charge in [0.15, 0.2) is 0 Å². The van der Waals surface area contributed by atoms with Crippen LogP contribution in [0.2, 0.25) is 0 Å². The van der Waals surface area contributed by atoms with Gasteiger partial charge in [-0.3, -0.25) is 0 Å². The molecule has 1 rings (SSSR count). The molecular formula is C9H16N4. The second-order valence-electron chi connectivity index (χ2n) is 3.03. The largest absolute Gasteiger partial charge is 0.381 e. The van der Waals surface area contributed by atoms with Gasteiger partial charge in [-0.25, -0.2) is 9.97 Å². The van der Waals surface area contributed by atoms with Crippen LogP contribution in [0.25, 0.3) is 0 Å². The molecule has 4 nitrogen and oxygen atoms in total. The average molecular weight is 180 g/mol. The molecule has 0 amide bonds. The average Bonchev–Trinajstić information content (AvgIpc) is 2.02. The molecule has 0 aliphatic carbocycles. The lowest BCUT2D eigenvalue weighted by atomic mass is 10.2. The summed E-state index contributed by atoms with van der Waals surface area (Å²) in [6, 6.07) is 0. The maximum Gasteiger partial charge on any atom is 0.125 e. The zero-order valence-electron chi connectivity index (χ0n) is 8.39. The summed E-state index contributed by atoms with van der Waals surface area (Å²) in [7, 11) is 0. The fourth-order valence-electron chi connectivity index (χ4n) is 1.34. The third kappa shape index (κ3) is 2.39. The predicted molar refractivity (Wildman–Crippen MR) is 53.8 cm³/mol. The molecule has 1 heterocycles. The summed E-state index contributed by atoms with van der Waals surface area (Å²) in [5, 5.41) is 3.21. The molecule has 3 N–H and O–H groups in total. The third-order valence-electron chi connectivity index (χ3n) is 1.83. The zero-order chi connectivity index (χ0) is 9.84. The summed E-state index contributed by atoms with van der Waals surface area (Å²) >= 11 is 0. The van der Waals surface area contributed by atoms with Crippen LogP contribution >= 0.6 is 0 Å². The number of nitrogens with zero attached hydrogens (tertiary/aromatic N) is 2. The van der Waals surface area contributed by atoms with Crippen LogP contribution in [0.3, 0.4) is 0 Å². The Morgan fingerprint density at radius 1 is 1.15 bits per heavy atom. The predicted octanol–water partition coefficient (Wildman–Crippen LogP) is 0.772. The molecule has 0 aromatic carbocycles. The number of hydrogen-bond donors (Lipinski definition) is 2. The van der Waals surface area contributed by atoms with E-state index >= 15 is 0 Å². The van der Waals surface area contributed by atoms with Crippen molar-refractivity contribution in [2.45, 2.75) is 20.8 Å². The van der Waals surface area contributed by atoms with E-state index in [4.69, 9.17) is 5.73 Å². The van der Waals surface area contributed by atoms with Gasteiger partial charge in [0, 0.05) is 13.1 Å². The Kier molecular flexibility index (Phi) is 3.19. The fraction of sp³-hybridized carbons (Fsp3) is 0.556. The number of nitrogens with one attached hydrogen (secondary N) is 1. The summed E-state index contributed by atoms with van der Waals surface area (Å²) in [5.41, 5.74) is 8.38. The fourth-order valence-corrected chi connectivity index (χ4v) is 1.34. The highest BCUT2D eigenvalue weighted by Crippen LogP contribution is 2.15. The highest BCUT2D eigenvalue weighted by Gasteiger charge is 2.04. The van der Waals surface area contributed by atoms with Gasteiger partial charge in [-0.15, -0.1) is 0 Å². The SMILES string of the molecule is Cc1nc(C)c(NCCN)c(C)n1. The number of aryl methyl sites for hydroxylation is 3. The second-order valence-corrected chi connectivity index (χ2v) is 3.03. The molecule has 0 saturated carbocycles. The zero-order valence-corrected chi connectivity index (χ0v) is 8.39. The van der Waals surface area contributed by atoms with Gasteiger partial charge in [-0.05, 0) is 20.8 Å². The van der Waals surface area contributed by atoms with Crippen molar-refractivity contribution >= 4 is 5.69 Å². The van der Waals surface area contributed by atoms with Crippen LogP contribution in [-0.4, -0.2) is 23.1 Å². The molecule has 1 aromatic rings. The maximum atomic E-state index is 5.40. The van der Waals surface area contributed by atoms with Crippen molar-refractivity contribution in [3.63, 3.8) is 0 Å². The molecule has 72 valence electrons. The van der Waals surface area contributed by atoms with Crippen LogP contribution in [0.1, 0.15) is 17.2 Å². The van der Waals surface area contributed by atoms with E-state index in [-0.39, 0.29) is 0 Å². The molecule has 0 radical (unpaired) electrons. The topological polar surface area (TPSA) is 63.8 Å². The van der Waals surface area contributed by atoms with E-state index in [0.29, 0.717) is 6.54 Å². The molecule has 0 aliphatic rings. The first-order chi connectivity index (χ1) is 6.15. The summed E-state index contributed by atoms with van der Waals surface area (Å²) in [4.78, 5) is 8.55. The first-order valence-corrected chi connectivity index (χ1v) is 4.41. The Balaban J connectivity index is 2.92. The standard InChI is InChI=1S/C9H16N4/c1-6-9(11-5-4-10)7(2)13-8(3)12-6/h11H,4-5,10H2,1-3H3. The highest BCUT2D eigenvalue weighted by atomic mass is 15.0. The molecule has 0 bridgehead atoms. The van der Waals surface area contributed by atoms with Crippen molar-refractivity contribution in [3.8, 4) is 0 Å². The first-order valence-electron chi connectivity index (χ1n) is 4.41. The number of aromatic nitrogens is 2. The smallest absolute Gasteiger partial charge is 0.125 e. The lowest BCUT2D eigenvalue weighted by Crippen LogP contribution is -2.15. The van der Waals surface area contributed by atoms with E-state index in [0.717, 1.165) is 29.4 Å². The Morgan fingerprint density at radius 2 is 1.69 bits per heavy atom. The molecule has 0 saturated heterocycles. The summed E-state index contributed by atoms with van der Waals surface area (Å²) in [5.74, 6) is 0.813. The third-order valence-corrected chi connectivity index (χ3v) is 1.83. The molecule has 13 heavy (non-hydrogen) atoms. The van der Waals surface area contributed by atoms with Crippen LogP contribution in [0.4, 0.5) is 5.69 Å². The summed E-state index contributed by atoms with van der Waals surface area (Å²) < 4.78 is 0. The molecule has 0 unspecified atom stereocenters. The van der Waals surface area contributed by atoms with E-state index in [9.17, 15) is 0 Å². The number of rotatable bonds is 3. The van der Waals surface area contributed by atoms with E-state index in [2.05, 4.69) is 15.3 Å². The molecular weight excluding hydrogens is 164 g/mol. The van der Waals surface area contributed by atoms with E-state index < -0.39 is 0 Å². The molecule has 1 aromatic heterocycles. The first kappa shape index (κ1) is 9.92. The molecule has 0 spiro atoms. The number of nitrogens with two attached hydrogens (primary N) is 1. The van der Waals surface area contributed by atoms with Crippen LogP contribution in [-0.2, 0) is 0 Å². The van der Waals surface area contributed by atoms with Crippen molar-refractivity contribution in [1.29, 1.82) is 0 Å². The Morgan fingerprint density at radius 3 is 2.15 bits per heavy atom. The van der Waals surface area contributed by atoms with Gasteiger partial charge in [0.25, 0.3) is 0 Å². The van der Waals surface area contributed by atoms with E-state index in [1.54, 1.807) is 0 Å². The van der Waals surface area contributed by atoms with Crippen molar-refractivity contribution < 1.29 is 0 Å². The lowest BCUT2D eigenvalue weighted by Gasteiger charge is -2.10. The number of hydrogen-bond acceptors (Lipinski definition) is 4. The van der Waals surface area contributed by atoms with Gasteiger partial charge >= 0.3 is 0 Å². The molecule has 0 fully saturated rings. The van der Waals surface area contributed by atoms with Crippen molar-refractivity contribution in [2.75, 3.05) is 18.4 Å². The minimum absolute atomic E-state index is 0.618. The summed E-state index contributed by atoms with van der Waals surface area (Å²) in [6.45, 7) is 7.22. The van der Waals surface area contributed by atoms with Gasteiger partial charge in [0.2, 0.25) is 0 Å². The Bertz CT molecular complexity index is 273. The van der Waals surface area contributed by atoms with Crippen LogP contribution < -0.4 is 11.1 Å². The van der Waals surface area contributed by atoms with Crippen molar-refractivity contribution in [2.24, 2.45) is 5.73 Å². The van der Waals surface area contributed by atoms with E-state index in [1.807, 2.05) is 20.8 Å². The monoisotopic (exact) mass is 180 g/mol. The van der Waals surface area contributed by atoms with Gasteiger partial charge < -0.3 is 11.1 Å². The minimum atomic E-state index is 0.618. The normalized spacial score (nSPS) is 10.2. The van der Waals surface area contributed by atoms with Crippen LogP contribution in [0, 0.1) is 20.8 Å². The van der Waals surface area contributed by atoms with Crippen molar-refractivity contribution in [1.82, 2.24) is 9.97 Å². The Hall–Kier alpha value is -1.16. The van der Waals surface area contributed by atoms with Crippen LogP contribution in [0.5, 0.6) is 0 Å². The highest BCUT2D eigenvalue weighted by molar-refractivity contribution is 5.51. The lowest BCUT2D eigenvalue weighted by molar-refractivity contribution is 0.952. The second kappa shape index (κ2) is 4.18.